The van der Waals surface area contributed by atoms with E-state index >= 15 is 0 Å². The molecule has 0 aliphatic heterocycles. The monoisotopic (exact) mass is 262 g/mol. The van der Waals surface area contributed by atoms with Gasteiger partial charge in [-0.05, 0) is 32.0 Å². The third-order valence-corrected chi connectivity index (χ3v) is 2.98. The molecule has 0 radical (unpaired) electrons. The maximum absolute atomic E-state index is 13.6. The lowest BCUT2D eigenvalue weighted by Crippen LogP contribution is -2.20. The molecular formula is C15H16F2N2. The lowest BCUT2D eigenvalue weighted by Gasteiger charge is -2.15. The van der Waals surface area contributed by atoms with Gasteiger partial charge in [0, 0.05) is 23.8 Å². The number of nitrogens with one attached hydrogen (secondary N) is 1. The van der Waals surface area contributed by atoms with Crippen molar-refractivity contribution in [3.05, 3.63) is 65.0 Å². The van der Waals surface area contributed by atoms with Crippen molar-refractivity contribution in [2.75, 3.05) is 0 Å². The number of hydrogen-bond donors (Lipinski definition) is 1. The fourth-order valence-corrected chi connectivity index (χ4v) is 1.92. The van der Waals surface area contributed by atoms with Crippen LogP contribution in [0.1, 0.15) is 29.9 Å². The van der Waals surface area contributed by atoms with Crippen molar-refractivity contribution < 1.29 is 8.78 Å². The Morgan fingerprint density at radius 2 is 1.89 bits per heavy atom. The number of benzene rings is 1. The average molecular weight is 262 g/mol. The summed E-state index contributed by atoms with van der Waals surface area (Å²) < 4.78 is 26.8. The highest BCUT2D eigenvalue weighted by Gasteiger charge is 2.13. The molecular weight excluding hydrogens is 246 g/mol. The highest BCUT2D eigenvalue weighted by atomic mass is 19.2. The molecule has 0 aliphatic rings. The van der Waals surface area contributed by atoms with Crippen molar-refractivity contribution in [1.29, 1.82) is 0 Å². The molecule has 1 heterocycles. The zero-order chi connectivity index (χ0) is 13.8. The predicted octanol–water partition coefficient (Wildman–Crippen LogP) is 3.52. The first-order valence-electron chi connectivity index (χ1n) is 6.18. The van der Waals surface area contributed by atoms with Crippen LogP contribution in [0, 0.1) is 18.6 Å². The first kappa shape index (κ1) is 13.6. The fourth-order valence-electron chi connectivity index (χ4n) is 1.92. The summed E-state index contributed by atoms with van der Waals surface area (Å²) >= 11 is 0. The van der Waals surface area contributed by atoms with Crippen LogP contribution in [0.25, 0.3) is 0 Å². The van der Waals surface area contributed by atoms with Gasteiger partial charge in [0.25, 0.3) is 0 Å². The van der Waals surface area contributed by atoms with Gasteiger partial charge in [-0.25, -0.2) is 8.78 Å². The highest BCUT2D eigenvalue weighted by Crippen LogP contribution is 2.19. The van der Waals surface area contributed by atoms with Gasteiger partial charge in [-0.1, -0.05) is 18.2 Å². The summed E-state index contributed by atoms with van der Waals surface area (Å²) in [6.07, 6.45) is 0. The quantitative estimate of drug-likeness (QED) is 0.912. The lowest BCUT2D eigenvalue weighted by atomic mass is 10.1. The number of aromatic nitrogens is 1. The Kier molecular flexibility index (Phi) is 4.22. The van der Waals surface area contributed by atoms with E-state index in [4.69, 9.17) is 0 Å². The molecule has 1 atom stereocenters. The second kappa shape index (κ2) is 5.89. The minimum Gasteiger partial charge on any atom is -0.304 e. The molecule has 0 spiro atoms. The molecule has 100 valence electrons. The fraction of sp³-hybridized carbons (Fsp3) is 0.267. The Labute approximate surface area is 111 Å². The summed E-state index contributed by atoms with van der Waals surface area (Å²) in [4.78, 5) is 4.35. The summed E-state index contributed by atoms with van der Waals surface area (Å²) in [7, 11) is 0. The molecule has 0 saturated carbocycles. The van der Waals surface area contributed by atoms with Crippen LogP contribution in [0.2, 0.25) is 0 Å². The van der Waals surface area contributed by atoms with Crippen molar-refractivity contribution in [2.45, 2.75) is 26.4 Å². The standard InChI is InChI=1S/C15H16F2N2/c1-10-5-3-6-12(19-10)9-18-11(2)13-7-4-8-14(16)15(13)17/h3-8,11,18H,9H2,1-2H3. The Hall–Kier alpha value is -1.81. The van der Waals surface area contributed by atoms with E-state index in [2.05, 4.69) is 10.3 Å². The van der Waals surface area contributed by atoms with E-state index in [-0.39, 0.29) is 6.04 Å². The SMILES string of the molecule is Cc1cccc(CNC(C)c2cccc(F)c2F)n1. The van der Waals surface area contributed by atoms with Crippen LogP contribution in [-0.2, 0) is 6.54 Å². The number of nitrogens with zero attached hydrogens (tertiary/aromatic N) is 1. The minimum atomic E-state index is -0.820. The molecule has 0 aliphatic carbocycles. The maximum Gasteiger partial charge on any atom is 0.163 e. The zero-order valence-corrected chi connectivity index (χ0v) is 11.0. The number of aryl methyl sites for hydroxylation is 1. The number of rotatable bonds is 4. The summed E-state index contributed by atoms with van der Waals surface area (Å²) in [6, 6.07) is 9.67. The Bertz CT molecular complexity index is 570. The third-order valence-electron chi connectivity index (χ3n) is 2.98. The molecule has 1 N–H and O–H groups in total. The summed E-state index contributed by atoms with van der Waals surface area (Å²) in [5.41, 5.74) is 2.14. The second-order valence-electron chi connectivity index (χ2n) is 4.52. The molecule has 2 nitrogen and oxygen atoms in total. The van der Waals surface area contributed by atoms with Crippen LogP contribution in [0.15, 0.2) is 36.4 Å². The molecule has 4 heteroatoms. The van der Waals surface area contributed by atoms with Gasteiger partial charge in [-0.2, -0.15) is 0 Å². The van der Waals surface area contributed by atoms with Crippen LogP contribution in [0.5, 0.6) is 0 Å². The van der Waals surface area contributed by atoms with E-state index in [0.717, 1.165) is 17.5 Å². The summed E-state index contributed by atoms with van der Waals surface area (Å²) in [5.74, 6) is -1.61. The first-order chi connectivity index (χ1) is 9.08. The number of pyridine rings is 1. The van der Waals surface area contributed by atoms with Gasteiger partial charge in [-0.15, -0.1) is 0 Å². The average Bonchev–Trinajstić information content (AvgIpc) is 2.39. The molecule has 0 fully saturated rings. The molecule has 2 rings (SSSR count). The van der Waals surface area contributed by atoms with Gasteiger partial charge in [-0.3, -0.25) is 4.98 Å². The van der Waals surface area contributed by atoms with Crippen LogP contribution in [-0.4, -0.2) is 4.98 Å². The Morgan fingerprint density at radius 3 is 2.63 bits per heavy atom. The molecule has 0 saturated heterocycles. The van der Waals surface area contributed by atoms with E-state index in [1.807, 2.05) is 25.1 Å². The normalized spacial score (nSPS) is 12.4. The van der Waals surface area contributed by atoms with Crippen LogP contribution >= 0.6 is 0 Å². The van der Waals surface area contributed by atoms with Gasteiger partial charge in [0.15, 0.2) is 11.6 Å². The largest absolute Gasteiger partial charge is 0.304 e. The predicted molar refractivity (Wildman–Crippen MR) is 70.6 cm³/mol. The minimum absolute atomic E-state index is 0.280. The highest BCUT2D eigenvalue weighted by molar-refractivity contribution is 5.22. The molecule has 2 aromatic rings. The smallest absolute Gasteiger partial charge is 0.163 e. The van der Waals surface area contributed by atoms with Gasteiger partial charge < -0.3 is 5.32 Å². The van der Waals surface area contributed by atoms with E-state index in [1.165, 1.54) is 6.07 Å². The molecule has 0 amide bonds. The molecule has 0 bridgehead atoms. The van der Waals surface area contributed by atoms with Crippen molar-refractivity contribution in [3.63, 3.8) is 0 Å². The van der Waals surface area contributed by atoms with Crippen molar-refractivity contribution in [2.24, 2.45) is 0 Å². The van der Waals surface area contributed by atoms with Crippen LogP contribution in [0.3, 0.4) is 0 Å². The first-order valence-corrected chi connectivity index (χ1v) is 6.18. The second-order valence-corrected chi connectivity index (χ2v) is 4.52. The molecule has 1 aromatic carbocycles. The molecule has 1 unspecified atom stereocenters. The maximum atomic E-state index is 13.6. The van der Waals surface area contributed by atoms with Crippen molar-refractivity contribution >= 4 is 0 Å². The lowest BCUT2D eigenvalue weighted by molar-refractivity contribution is 0.471. The molecule has 1 aromatic heterocycles. The third kappa shape index (κ3) is 3.35. The van der Waals surface area contributed by atoms with E-state index in [1.54, 1.807) is 13.0 Å². The Morgan fingerprint density at radius 1 is 1.16 bits per heavy atom. The summed E-state index contributed by atoms with van der Waals surface area (Å²) in [6.45, 7) is 4.23. The topological polar surface area (TPSA) is 24.9 Å². The van der Waals surface area contributed by atoms with Crippen LogP contribution < -0.4 is 5.32 Å². The summed E-state index contributed by atoms with van der Waals surface area (Å²) in [5, 5.41) is 3.14. The molecule has 19 heavy (non-hydrogen) atoms. The van der Waals surface area contributed by atoms with Gasteiger partial charge in [0.05, 0.1) is 5.69 Å². The van der Waals surface area contributed by atoms with E-state index in [9.17, 15) is 8.78 Å². The van der Waals surface area contributed by atoms with Gasteiger partial charge in [0.1, 0.15) is 0 Å². The Balaban J connectivity index is 2.05. The van der Waals surface area contributed by atoms with Gasteiger partial charge in [0.2, 0.25) is 0 Å². The van der Waals surface area contributed by atoms with E-state index in [0.29, 0.717) is 12.1 Å². The van der Waals surface area contributed by atoms with E-state index < -0.39 is 11.6 Å². The van der Waals surface area contributed by atoms with Crippen LogP contribution in [0.4, 0.5) is 8.78 Å². The zero-order valence-electron chi connectivity index (χ0n) is 11.0. The van der Waals surface area contributed by atoms with Crippen molar-refractivity contribution in [1.82, 2.24) is 10.3 Å². The number of halogens is 2. The number of hydrogen-bond acceptors (Lipinski definition) is 2. The van der Waals surface area contributed by atoms with Gasteiger partial charge >= 0.3 is 0 Å². The van der Waals surface area contributed by atoms with Crippen molar-refractivity contribution in [3.8, 4) is 0 Å².